The summed E-state index contributed by atoms with van der Waals surface area (Å²) in [7, 11) is 1.62. The lowest BCUT2D eigenvalue weighted by Gasteiger charge is -2.34. The summed E-state index contributed by atoms with van der Waals surface area (Å²) in [6.45, 7) is 5.02. The van der Waals surface area contributed by atoms with Crippen LogP contribution in [-0.2, 0) is 22.1 Å². The van der Waals surface area contributed by atoms with Crippen LogP contribution in [0, 0.1) is 5.82 Å². The van der Waals surface area contributed by atoms with E-state index in [1.807, 2.05) is 0 Å². The Morgan fingerprint density at radius 1 is 1.02 bits per heavy atom. The van der Waals surface area contributed by atoms with E-state index in [-0.39, 0.29) is 30.6 Å². The predicted octanol–water partition coefficient (Wildman–Crippen LogP) is 5.67. The van der Waals surface area contributed by atoms with Crippen LogP contribution in [0.4, 0.5) is 39.7 Å². The van der Waals surface area contributed by atoms with Crippen molar-refractivity contribution in [1.29, 1.82) is 0 Å². The maximum atomic E-state index is 16.3. The Labute approximate surface area is 247 Å². The number of benzene rings is 2. The zero-order valence-electron chi connectivity index (χ0n) is 24.3. The van der Waals surface area contributed by atoms with Gasteiger partial charge in [0.1, 0.15) is 11.9 Å². The largest absolute Gasteiger partial charge is 0.444 e. The SMILES string of the molecule is CN(c1ccc(CC(N)=O)cc1)c1ncnc(N(C2CC2)C(CNC(=O)OC(C)(C)C)c2ccc(C(F)(F)F)cc2)c1F. The van der Waals surface area contributed by atoms with Crippen LogP contribution in [0.1, 0.15) is 56.3 Å². The average Bonchev–Trinajstić information content (AvgIpc) is 3.75. The maximum Gasteiger partial charge on any atom is 0.416 e. The number of aromatic nitrogens is 2. The first-order valence-electron chi connectivity index (χ1n) is 13.7. The lowest BCUT2D eigenvalue weighted by molar-refractivity contribution is -0.137. The Hall–Kier alpha value is -4.42. The standard InChI is InChI=1S/C30H34F4N6O3/c1-29(2,3)43-28(42)36-16-23(19-7-9-20(10-8-19)30(32,33)34)40(22-13-14-22)27-25(31)26(37-17-38-27)39(4)21-11-5-18(6-12-21)15-24(35)41/h5-12,17,22-23H,13-16H2,1-4H3,(H2,35,41)(H,36,42). The summed E-state index contributed by atoms with van der Waals surface area (Å²) in [5.74, 6) is -1.31. The second-order valence-corrected chi connectivity index (χ2v) is 11.4. The Balaban J connectivity index is 1.70. The molecule has 43 heavy (non-hydrogen) atoms. The highest BCUT2D eigenvalue weighted by atomic mass is 19.4. The van der Waals surface area contributed by atoms with Crippen molar-refractivity contribution < 1.29 is 31.9 Å². The van der Waals surface area contributed by atoms with Crippen LogP contribution in [0.3, 0.4) is 0 Å². The van der Waals surface area contributed by atoms with E-state index in [1.54, 1.807) is 57.0 Å². The first kappa shape index (κ1) is 31.5. The van der Waals surface area contributed by atoms with Gasteiger partial charge in [-0.15, -0.1) is 0 Å². The minimum Gasteiger partial charge on any atom is -0.444 e. The van der Waals surface area contributed by atoms with E-state index in [0.29, 0.717) is 29.7 Å². The quantitative estimate of drug-likeness (QED) is 0.288. The molecule has 1 aliphatic rings. The molecule has 1 saturated carbocycles. The zero-order chi connectivity index (χ0) is 31.5. The summed E-state index contributed by atoms with van der Waals surface area (Å²) in [5, 5.41) is 2.68. The van der Waals surface area contributed by atoms with Crippen LogP contribution in [-0.4, -0.2) is 47.2 Å². The van der Waals surface area contributed by atoms with Gasteiger partial charge in [0.2, 0.25) is 11.7 Å². The molecule has 3 aromatic rings. The van der Waals surface area contributed by atoms with Gasteiger partial charge < -0.3 is 25.6 Å². The van der Waals surface area contributed by atoms with Crippen LogP contribution < -0.4 is 20.9 Å². The fourth-order valence-electron chi connectivity index (χ4n) is 4.62. The van der Waals surface area contributed by atoms with E-state index >= 15 is 4.39 Å². The average molecular weight is 603 g/mol. The molecule has 0 radical (unpaired) electrons. The molecular formula is C30H34F4N6O3. The van der Waals surface area contributed by atoms with Gasteiger partial charge in [0.15, 0.2) is 11.6 Å². The molecule has 9 nitrogen and oxygen atoms in total. The first-order chi connectivity index (χ1) is 20.1. The van der Waals surface area contributed by atoms with Crippen LogP contribution >= 0.6 is 0 Å². The van der Waals surface area contributed by atoms with Crippen molar-refractivity contribution in [3.05, 3.63) is 77.4 Å². The fourth-order valence-corrected chi connectivity index (χ4v) is 4.62. The number of hydrogen-bond acceptors (Lipinski definition) is 7. The molecule has 0 aliphatic heterocycles. The molecule has 1 heterocycles. The minimum atomic E-state index is -4.53. The van der Waals surface area contributed by atoms with E-state index in [4.69, 9.17) is 10.5 Å². The number of nitrogens with two attached hydrogens (primary N) is 1. The van der Waals surface area contributed by atoms with Crippen molar-refractivity contribution >= 4 is 29.3 Å². The van der Waals surface area contributed by atoms with Gasteiger partial charge in [0.25, 0.3) is 0 Å². The molecule has 0 bridgehead atoms. The summed E-state index contributed by atoms with van der Waals surface area (Å²) < 4.78 is 61.6. The Morgan fingerprint density at radius 2 is 1.63 bits per heavy atom. The number of carbonyl (C=O) groups is 2. The van der Waals surface area contributed by atoms with E-state index in [1.165, 1.54) is 23.4 Å². The highest BCUT2D eigenvalue weighted by Crippen LogP contribution is 2.41. The first-order valence-corrected chi connectivity index (χ1v) is 13.7. The summed E-state index contributed by atoms with van der Waals surface area (Å²) >= 11 is 0. The van der Waals surface area contributed by atoms with Gasteiger partial charge in [-0.1, -0.05) is 24.3 Å². The minimum absolute atomic E-state index is 0.0374. The van der Waals surface area contributed by atoms with Gasteiger partial charge in [-0.25, -0.2) is 14.8 Å². The van der Waals surface area contributed by atoms with Crippen molar-refractivity contribution in [2.45, 2.75) is 63.9 Å². The van der Waals surface area contributed by atoms with E-state index < -0.39 is 41.2 Å². The zero-order valence-corrected chi connectivity index (χ0v) is 24.3. The lowest BCUT2D eigenvalue weighted by Crippen LogP contribution is -2.42. The number of ether oxygens (including phenoxy) is 1. The number of amides is 2. The highest BCUT2D eigenvalue weighted by Gasteiger charge is 2.39. The molecule has 1 aliphatic carbocycles. The number of nitrogens with one attached hydrogen (secondary N) is 1. The molecule has 2 amide bonds. The molecule has 1 aromatic heterocycles. The van der Waals surface area contributed by atoms with Crippen molar-refractivity contribution in [2.75, 3.05) is 23.4 Å². The monoisotopic (exact) mass is 602 g/mol. The van der Waals surface area contributed by atoms with Gasteiger partial charge in [-0.2, -0.15) is 17.6 Å². The van der Waals surface area contributed by atoms with Crippen molar-refractivity contribution in [3.8, 4) is 0 Å². The molecule has 1 fully saturated rings. The van der Waals surface area contributed by atoms with Crippen LogP contribution in [0.2, 0.25) is 0 Å². The molecule has 0 spiro atoms. The van der Waals surface area contributed by atoms with E-state index in [2.05, 4.69) is 15.3 Å². The number of anilines is 3. The Kier molecular flexibility index (Phi) is 9.12. The smallest absolute Gasteiger partial charge is 0.416 e. The molecule has 4 rings (SSSR count). The number of halogens is 4. The summed E-state index contributed by atoms with van der Waals surface area (Å²) in [5.41, 5.74) is 5.37. The predicted molar refractivity (Wildman–Crippen MR) is 153 cm³/mol. The molecular weight excluding hydrogens is 568 g/mol. The van der Waals surface area contributed by atoms with Crippen molar-refractivity contribution in [3.63, 3.8) is 0 Å². The second kappa shape index (κ2) is 12.4. The molecule has 2 aromatic carbocycles. The summed E-state index contributed by atoms with van der Waals surface area (Å²) in [6, 6.07) is 10.4. The maximum absolute atomic E-state index is 16.3. The number of hydrogen-bond donors (Lipinski definition) is 2. The topological polar surface area (TPSA) is 114 Å². The van der Waals surface area contributed by atoms with Gasteiger partial charge in [0, 0.05) is 25.3 Å². The van der Waals surface area contributed by atoms with Gasteiger partial charge in [-0.05, 0) is 69.0 Å². The number of primary amides is 1. The number of nitrogens with zero attached hydrogens (tertiary/aromatic N) is 4. The molecule has 230 valence electrons. The normalized spacial score (nSPS) is 14.1. The molecule has 3 N–H and O–H groups in total. The molecule has 1 atom stereocenters. The van der Waals surface area contributed by atoms with E-state index in [9.17, 15) is 22.8 Å². The van der Waals surface area contributed by atoms with Crippen molar-refractivity contribution in [2.24, 2.45) is 5.73 Å². The van der Waals surface area contributed by atoms with Crippen LogP contribution in [0.25, 0.3) is 0 Å². The third kappa shape index (κ3) is 8.11. The van der Waals surface area contributed by atoms with Crippen LogP contribution in [0.5, 0.6) is 0 Å². The number of alkyl carbamates (subject to hydrolysis) is 1. The lowest BCUT2D eigenvalue weighted by atomic mass is 10.0. The molecule has 13 heteroatoms. The Morgan fingerprint density at radius 3 is 2.16 bits per heavy atom. The van der Waals surface area contributed by atoms with Gasteiger partial charge in [-0.3, -0.25) is 4.79 Å². The highest BCUT2D eigenvalue weighted by molar-refractivity contribution is 5.77. The van der Waals surface area contributed by atoms with Gasteiger partial charge in [0.05, 0.1) is 18.0 Å². The van der Waals surface area contributed by atoms with Crippen LogP contribution in [0.15, 0.2) is 54.9 Å². The number of alkyl halides is 3. The molecule has 0 saturated heterocycles. The van der Waals surface area contributed by atoms with E-state index in [0.717, 1.165) is 12.1 Å². The molecule has 1 unspecified atom stereocenters. The van der Waals surface area contributed by atoms with Gasteiger partial charge >= 0.3 is 12.3 Å². The Bertz CT molecular complexity index is 1440. The number of carbonyl (C=O) groups excluding carboxylic acids is 2. The summed E-state index contributed by atoms with van der Waals surface area (Å²) in [6.07, 6.45) is -2.58. The van der Waals surface area contributed by atoms with Crippen molar-refractivity contribution in [1.82, 2.24) is 15.3 Å². The summed E-state index contributed by atoms with van der Waals surface area (Å²) in [4.78, 5) is 35.4. The fraction of sp³-hybridized carbons (Fsp3) is 0.400. The second-order valence-electron chi connectivity index (χ2n) is 11.4. The third-order valence-electron chi connectivity index (χ3n) is 6.75. The third-order valence-corrected chi connectivity index (χ3v) is 6.75. The number of rotatable bonds is 10.